The summed E-state index contributed by atoms with van der Waals surface area (Å²) in [4.78, 5) is 8.22. The molecule has 0 radical (unpaired) electrons. The minimum atomic E-state index is 0.344. The summed E-state index contributed by atoms with van der Waals surface area (Å²) in [5.41, 5.74) is 0.836. The monoisotopic (exact) mass is 307 g/mol. The molecule has 3 rings (SSSR count). The number of hydrogen-bond acceptors (Lipinski definition) is 3. The van der Waals surface area contributed by atoms with Crippen molar-refractivity contribution in [2.24, 2.45) is 11.3 Å². The second-order valence-corrected chi connectivity index (χ2v) is 10.0. The van der Waals surface area contributed by atoms with Crippen molar-refractivity contribution in [3.05, 3.63) is 0 Å². The average Bonchev–Trinajstić information content (AvgIpc) is 2.97. The third-order valence-corrected chi connectivity index (χ3v) is 6.41. The van der Waals surface area contributed by atoms with E-state index in [1.807, 2.05) is 0 Å². The molecular weight excluding hydrogens is 270 g/mol. The van der Waals surface area contributed by atoms with E-state index in [0.29, 0.717) is 11.0 Å². The molecule has 2 bridgehead atoms. The number of nitrogens with zero attached hydrogens (tertiary/aromatic N) is 3. The van der Waals surface area contributed by atoms with Gasteiger partial charge in [0.25, 0.3) is 0 Å². The maximum Gasteiger partial charge on any atom is 0.0510 e. The van der Waals surface area contributed by atoms with Crippen molar-refractivity contribution in [3.8, 4) is 0 Å². The number of piperazine rings is 1. The van der Waals surface area contributed by atoms with Crippen LogP contribution in [0.4, 0.5) is 0 Å². The molecule has 0 amide bonds. The van der Waals surface area contributed by atoms with E-state index in [2.05, 4.69) is 56.2 Å². The molecule has 3 heterocycles. The Hall–Kier alpha value is -0.120. The molecule has 3 nitrogen and oxygen atoms in total. The van der Waals surface area contributed by atoms with Crippen LogP contribution in [0.15, 0.2) is 0 Å². The first-order valence-electron chi connectivity index (χ1n) is 9.38. The standard InChI is InChI=1S/C19H37N3/c1-18(2,3)15-7-9-20(10-8-15)14-21-12-17-11-16(21)13-22(17)19(4,5)6/h15-17H,7-14H2,1-6H3. The van der Waals surface area contributed by atoms with Crippen molar-refractivity contribution < 1.29 is 0 Å². The first kappa shape index (κ1) is 16.7. The van der Waals surface area contributed by atoms with Crippen molar-refractivity contribution >= 4 is 0 Å². The molecule has 0 saturated carbocycles. The van der Waals surface area contributed by atoms with E-state index < -0.39 is 0 Å². The minimum absolute atomic E-state index is 0.344. The van der Waals surface area contributed by atoms with E-state index in [1.54, 1.807) is 0 Å². The molecule has 3 fully saturated rings. The van der Waals surface area contributed by atoms with Crippen molar-refractivity contribution in [3.63, 3.8) is 0 Å². The Morgan fingerprint density at radius 2 is 1.50 bits per heavy atom. The van der Waals surface area contributed by atoms with Crippen molar-refractivity contribution in [2.45, 2.75) is 78.4 Å². The first-order valence-corrected chi connectivity index (χ1v) is 9.38. The van der Waals surface area contributed by atoms with Gasteiger partial charge in [-0.05, 0) is 64.5 Å². The normalized spacial score (nSPS) is 33.0. The zero-order chi connectivity index (χ0) is 16.1. The summed E-state index contributed by atoms with van der Waals surface area (Å²) in [6.07, 6.45) is 4.18. The lowest BCUT2D eigenvalue weighted by Crippen LogP contribution is -2.55. The van der Waals surface area contributed by atoms with Gasteiger partial charge < -0.3 is 0 Å². The van der Waals surface area contributed by atoms with Crippen LogP contribution in [-0.4, -0.2) is 65.2 Å². The van der Waals surface area contributed by atoms with Crippen molar-refractivity contribution in [1.82, 2.24) is 14.7 Å². The SMILES string of the molecule is CC(C)(C)C1CCN(CN2CC3CC2CN3C(C)(C)C)CC1. The van der Waals surface area contributed by atoms with Gasteiger partial charge in [-0.25, -0.2) is 0 Å². The lowest BCUT2D eigenvalue weighted by atomic mass is 9.75. The van der Waals surface area contributed by atoms with Crippen molar-refractivity contribution in [2.75, 3.05) is 32.8 Å². The van der Waals surface area contributed by atoms with Gasteiger partial charge in [0, 0.05) is 30.7 Å². The molecule has 2 atom stereocenters. The summed E-state index contributed by atoms with van der Waals surface area (Å²) in [5.74, 6) is 0.912. The molecule has 0 aromatic heterocycles. The van der Waals surface area contributed by atoms with Crippen LogP contribution in [0.3, 0.4) is 0 Å². The Bertz CT molecular complexity index is 384. The second kappa shape index (κ2) is 5.75. The second-order valence-electron chi connectivity index (χ2n) is 10.0. The number of hydrogen-bond donors (Lipinski definition) is 0. The highest BCUT2D eigenvalue weighted by Gasteiger charge is 2.47. The van der Waals surface area contributed by atoms with Gasteiger partial charge in [-0.2, -0.15) is 0 Å². The summed E-state index contributed by atoms with van der Waals surface area (Å²) in [6.45, 7) is 20.7. The largest absolute Gasteiger partial charge is 0.293 e. The number of likely N-dealkylation sites (tertiary alicyclic amines) is 3. The summed E-state index contributed by atoms with van der Waals surface area (Å²) in [5, 5.41) is 0. The predicted molar refractivity (Wildman–Crippen MR) is 94.0 cm³/mol. The highest BCUT2D eigenvalue weighted by atomic mass is 15.4. The Kier molecular flexibility index (Phi) is 4.37. The number of piperidine rings is 1. The van der Waals surface area contributed by atoms with Crippen LogP contribution in [0.5, 0.6) is 0 Å². The average molecular weight is 308 g/mol. The first-order chi connectivity index (χ1) is 10.1. The van der Waals surface area contributed by atoms with Gasteiger partial charge in [-0.3, -0.25) is 14.7 Å². The van der Waals surface area contributed by atoms with E-state index >= 15 is 0 Å². The molecule has 0 aromatic carbocycles. The van der Waals surface area contributed by atoms with Crippen LogP contribution in [0.25, 0.3) is 0 Å². The minimum Gasteiger partial charge on any atom is -0.293 e. The molecule has 0 N–H and O–H groups in total. The Morgan fingerprint density at radius 1 is 0.864 bits per heavy atom. The number of fused-ring (bicyclic) bond motifs is 2. The Morgan fingerprint density at radius 3 is 1.95 bits per heavy atom. The molecule has 0 aliphatic carbocycles. The molecule has 3 aliphatic heterocycles. The molecular formula is C19H37N3. The lowest BCUT2D eigenvalue weighted by molar-refractivity contribution is 0.0143. The van der Waals surface area contributed by atoms with Gasteiger partial charge in [0.2, 0.25) is 0 Å². The van der Waals surface area contributed by atoms with Crippen LogP contribution in [-0.2, 0) is 0 Å². The Balaban J connectivity index is 1.47. The van der Waals surface area contributed by atoms with E-state index in [4.69, 9.17) is 0 Å². The summed E-state index contributed by atoms with van der Waals surface area (Å²) >= 11 is 0. The van der Waals surface area contributed by atoms with Crippen molar-refractivity contribution in [1.29, 1.82) is 0 Å². The third kappa shape index (κ3) is 3.37. The Labute approximate surface area is 138 Å². The zero-order valence-electron chi connectivity index (χ0n) is 15.7. The van der Waals surface area contributed by atoms with Gasteiger partial charge in [0.1, 0.15) is 0 Å². The highest BCUT2D eigenvalue weighted by molar-refractivity contribution is 5.03. The topological polar surface area (TPSA) is 9.72 Å². The molecule has 2 unspecified atom stereocenters. The molecule has 0 spiro atoms. The highest BCUT2D eigenvalue weighted by Crippen LogP contribution is 2.37. The lowest BCUT2D eigenvalue weighted by Gasteiger charge is -2.44. The quantitative estimate of drug-likeness (QED) is 0.775. The van der Waals surface area contributed by atoms with Gasteiger partial charge in [-0.15, -0.1) is 0 Å². The molecule has 128 valence electrons. The number of rotatable bonds is 2. The molecule has 3 aliphatic rings. The fraction of sp³-hybridized carbons (Fsp3) is 1.00. The van der Waals surface area contributed by atoms with Crippen LogP contribution in [0, 0.1) is 11.3 Å². The van der Waals surface area contributed by atoms with E-state index in [0.717, 1.165) is 18.0 Å². The predicted octanol–water partition coefficient (Wildman–Crippen LogP) is 3.26. The summed E-state index contributed by atoms with van der Waals surface area (Å²) in [6, 6.07) is 1.61. The van der Waals surface area contributed by atoms with Gasteiger partial charge in [0.05, 0.1) is 6.67 Å². The van der Waals surface area contributed by atoms with Gasteiger partial charge >= 0.3 is 0 Å². The fourth-order valence-electron chi connectivity index (χ4n) is 4.94. The van der Waals surface area contributed by atoms with Crippen LogP contribution < -0.4 is 0 Å². The van der Waals surface area contributed by atoms with E-state index in [-0.39, 0.29) is 0 Å². The zero-order valence-corrected chi connectivity index (χ0v) is 15.7. The smallest absolute Gasteiger partial charge is 0.0510 e. The molecule has 0 aromatic rings. The van der Waals surface area contributed by atoms with Crippen LogP contribution in [0.2, 0.25) is 0 Å². The molecule has 22 heavy (non-hydrogen) atoms. The van der Waals surface area contributed by atoms with Gasteiger partial charge in [-0.1, -0.05) is 20.8 Å². The maximum atomic E-state index is 2.77. The van der Waals surface area contributed by atoms with Crippen LogP contribution in [0.1, 0.15) is 60.8 Å². The van der Waals surface area contributed by atoms with Gasteiger partial charge in [0.15, 0.2) is 0 Å². The van der Waals surface area contributed by atoms with E-state index in [9.17, 15) is 0 Å². The van der Waals surface area contributed by atoms with E-state index in [1.165, 1.54) is 52.1 Å². The van der Waals surface area contributed by atoms with Crippen LogP contribution >= 0.6 is 0 Å². The maximum absolute atomic E-state index is 2.77. The summed E-state index contributed by atoms with van der Waals surface area (Å²) in [7, 11) is 0. The molecule has 3 heteroatoms. The fourth-order valence-corrected chi connectivity index (χ4v) is 4.94. The molecule has 3 saturated heterocycles. The third-order valence-electron chi connectivity index (χ3n) is 6.41. The summed E-state index contributed by atoms with van der Waals surface area (Å²) < 4.78 is 0.